The van der Waals surface area contributed by atoms with Gasteiger partial charge in [0.1, 0.15) is 16.7 Å². The molecule has 0 atom stereocenters. The molecule has 0 unspecified atom stereocenters. The first-order valence-electron chi connectivity index (χ1n) is 4.28. The SMILES string of the molecule is N#Cc1cc(-c2ccc(N)c(O)c2)cs1. The van der Waals surface area contributed by atoms with Gasteiger partial charge >= 0.3 is 0 Å². The largest absolute Gasteiger partial charge is 0.506 e. The number of phenols is 1. The van der Waals surface area contributed by atoms with Crippen LogP contribution in [0.4, 0.5) is 5.69 Å². The Kier molecular flexibility index (Phi) is 2.32. The van der Waals surface area contributed by atoms with Crippen molar-refractivity contribution in [3.63, 3.8) is 0 Å². The number of anilines is 1. The Labute approximate surface area is 91.0 Å². The van der Waals surface area contributed by atoms with Crippen LogP contribution in [0.5, 0.6) is 5.75 Å². The fraction of sp³-hybridized carbons (Fsp3) is 0. The van der Waals surface area contributed by atoms with Crippen LogP contribution < -0.4 is 5.73 Å². The van der Waals surface area contributed by atoms with E-state index in [1.807, 2.05) is 11.4 Å². The van der Waals surface area contributed by atoms with Gasteiger partial charge in [-0.25, -0.2) is 0 Å². The fourth-order valence-electron chi connectivity index (χ4n) is 1.27. The van der Waals surface area contributed by atoms with E-state index in [0.717, 1.165) is 11.1 Å². The van der Waals surface area contributed by atoms with Crippen molar-refractivity contribution in [1.82, 2.24) is 0 Å². The molecule has 0 fully saturated rings. The minimum Gasteiger partial charge on any atom is -0.506 e. The predicted octanol–water partition coefficient (Wildman–Crippen LogP) is 2.57. The summed E-state index contributed by atoms with van der Waals surface area (Å²) in [6.45, 7) is 0. The van der Waals surface area contributed by atoms with Gasteiger partial charge in [-0.2, -0.15) is 5.26 Å². The van der Waals surface area contributed by atoms with Crippen LogP contribution in [0.1, 0.15) is 4.88 Å². The summed E-state index contributed by atoms with van der Waals surface area (Å²) in [5.41, 5.74) is 7.64. The lowest BCUT2D eigenvalue weighted by Gasteiger charge is -2.01. The number of nitrogens with zero attached hydrogens (tertiary/aromatic N) is 1. The minimum absolute atomic E-state index is 0.0669. The summed E-state index contributed by atoms with van der Waals surface area (Å²) in [5, 5.41) is 20.0. The summed E-state index contributed by atoms with van der Waals surface area (Å²) in [6.07, 6.45) is 0. The summed E-state index contributed by atoms with van der Waals surface area (Å²) in [7, 11) is 0. The standard InChI is InChI=1S/C11H8N2OS/c12-5-9-3-8(6-15-9)7-1-2-10(13)11(14)4-7/h1-4,6,14H,13H2. The third kappa shape index (κ3) is 1.78. The highest BCUT2D eigenvalue weighted by molar-refractivity contribution is 7.10. The number of thiophene rings is 1. The van der Waals surface area contributed by atoms with E-state index in [9.17, 15) is 5.11 Å². The van der Waals surface area contributed by atoms with E-state index in [-0.39, 0.29) is 5.75 Å². The lowest BCUT2D eigenvalue weighted by atomic mass is 10.1. The molecule has 15 heavy (non-hydrogen) atoms. The Balaban J connectivity index is 2.46. The molecule has 0 saturated heterocycles. The molecular weight excluding hydrogens is 208 g/mol. The second-order valence-corrected chi connectivity index (χ2v) is 4.00. The van der Waals surface area contributed by atoms with Gasteiger partial charge in [-0.3, -0.25) is 0 Å². The third-order valence-electron chi connectivity index (χ3n) is 2.07. The molecule has 0 amide bonds. The van der Waals surface area contributed by atoms with E-state index >= 15 is 0 Å². The van der Waals surface area contributed by atoms with Gasteiger partial charge in [0.15, 0.2) is 0 Å². The normalized spacial score (nSPS) is 9.80. The van der Waals surface area contributed by atoms with Crippen molar-refractivity contribution >= 4 is 17.0 Å². The summed E-state index contributed by atoms with van der Waals surface area (Å²) in [4.78, 5) is 0.654. The molecule has 3 N–H and O–H groups in total. The van der Waals surface area contributed by atoms with Crippen molar-refractivity contribution in [2.75, 3.05) is 5.73 Å². The lowest BCUT2D eigenvalue weighted by molar-refractivity contribution is 0.478. The van der Waals surface area contributed by atoms with Gasteiger partial charge in [0.2, 0.25) is 0 Å². The lowest BCUT2D eigenvalue weighted by Crippen LogP contribution is -1.85. The van der Waals surface area contributed by atoms with Crippen molar-refractivity contribution in [2.45, 2.75) is 0 Å². The molecular formula is C11H8N2OS. The second-order valence-electron chi connectivity index (χ2n) is 3.09. The molecule has 3 nitrogen and oxygen atoms in total. The van der Waals surface area contributed by atoms with E-state index in [1.165, 1.54) is 11.3 Å². The maximum atomic E-state index is 9.44. The van der Waals surface area contributed by atoms with Crippen molar-refractivity contribution < 1.29 is 5.11 Å². The van der Waals surface area contributed by atoms with E-state index < -0.39 is 0 Å². The average molecular weight is 216 g/mol. The average Bonchev–Trinajstić information content (AvgIpc) is 2.70. The monoisotopic (exact) mass is 216 g/mol. The van der Waals surface area contributed by atoms with E-state index in [1.54, 1.807) is 18.2 Å². The van der Waals surface area contributed by atoms with Gasteiger partial charge in [0, 0.05) is 0 Å². The molecule has 0 bridgehead atoms. The zero-order valence-corrected chi connectivity index (χ0v) is 8.58. The number of benzene rings is 1. The number of hydrogen-bond acceptors (Lipinski definition) is 4. The van der Waals surface area contributed by atoms with Crippen LogP contribution in [0.2, 0.25) is 0 Å². The fourth-order valence-corrected chi connectivity index (χ4v) is 1.98. The number of nitriles is 1. The van der Waals surface area contributed by atoms with Gasteiger partial charge in [0.05, 0.1) is 5.69 Å². The van der Waals surface area contributed by atoms with Crippen molar-refractivity contribution in [3.8, 4) is 22.9 Å². The quantitative estimate of drug-likeness (QED) is 0.568. The Bertz CT molecular complexity index is 540. The number of nitrogens with two attached hydrogens (primary N) is 1. The van der Waals surface area contributed by atoms with E-state index in [4.69, 9.17) is 11.0 Å². The first-order chi connectivity index (χ1) is 7.20. The topological polar surface area (TPSA) is 70.0 Å². The summed E-state index contributed by atoms with van der Waals surface area (Å²) < 4.78 is 0. The van der Waals surface area contributed by atoms with E-state index in [2.05, 4.69) is 6.07 Å². The molecule has 0 spiro atoms. The van der Waals surface area contributed by atoms with Crippen LogP contribution in [0.15, 0.2) is 29.6 Å². The predicted molar refractivity (Wildman–Crippen MR) is 60.5 cm³/mol. The highest BCUT2D eigenvalue weighted by atomic mass is 32.1. The Morgan fingerprint density at radius 1 is 1.27 bits per heavy atom. The molecule has 2 aromatic rings. The van der Waals surface area contributed by atoms with Gasteiger partial charge < -0.3 is 10.8 Å². The van der Waals surface area contributed by atoms with Crippen LogP contribution in [-0.4, -0.2) is 5.11 Å². The first-order valence-corrected chi connectivity index (χ1v) is 5.16. The summed E-state index contributed by atoms with van der Waals surface area (Å²) in [5.74, 6) is 0.0669. The van der Waals surface area contributed by atoms with Crippen molar-refractivity contribution in [2.24, 2.45) is 0 Å². The van der Waals surface area contributed by atoms with Crippen LogP contribution in [-0.2, 0) is 0 Å². The Morgan fingerprint density at radius 3 is 2.67 bits per heavy atom. The number of hydrogen-bond donors (Lipinski definition) is 2. The molecule has 1 aromatic heterocycles. The molecule has 1 aromatic carbocycles. The molecule has 0 aliphatic carbocycles. The third-order valence-corrected chi connectivity index (χ3v) is 2.91. The van der Waals surface area contributed by atoms with E-state index in [0.29, 0.717) is 10.6 Å². The maximum Gasteiger partial charge on any atom is 0.139 e. The molecule has 1 heterocycles. The number of aromatic hydroxyl groups is 1. The number of nitrogen functional groups attached to an aromatic ring is 1. The molecule has 4 heteroatoms. The maximum absolute atomic E-state index is 9.44. The Morgan fingerprint density at radius 2 is 2.07 bits per heavy atom. The van der Waals surface area contributed by atoms with Crippen LogP contribution in [0.25, 0.3) is 11.1 Å². The molecule has 0 aliphatic heterocycles. The van der Waals surface area contributed by atoms with Gasteiger partial charge in [-0.15, -0.1) is 11.3 Å². The summed E-state index contributed by atoms with van der Waals surface area (Å²) >= 11 is 1.38. The summed E-state index contributed by atoms with van der Waals surface area (Å²) in [6, 6.07) is 8.92. The van der Waals surface area contributed by atoms with Crippen LogP contribution >= 0.6 is 11.3 Å². The Hall–Kier alpha value is -1.99. The number of rotatable bonds is 1. The molecule has 0 saturated carbocycles. The van der Waals surface area contributed by atoms with Gasteiger partial charge in [0.25, 0.3) is 0 Å². The van der Waals surface area contributed by atoms with Crippen LogP contribution in [0.3, 0.4) is 0 Å². The molecule has 74 valence electrons. The highest BCUT2D eigenvalue weighted by Crippen LogP contribution is 2.30. The zero-order chi connectivity index (χ0) is 10.8. The minimum atomic E-state index is 0.0669. The van der Waals surface area contributed by atoms with Crippen molar-refractivity contribution in [1.29, 1.82) is 5.26 Å². The molecule has 0 aliphatic rings. The zero-order valence-electron chi connectivity index (χ0n) is 7.77. The molecule has 0 radical (unpaired) electrons. The van der Waals surface area contributed by atoms with Gasteiger partial charge in [-0.1, -0.05) is 6.07 Å². The van der Waals surface area contributed by atoms with Crippen molar-refractivity contribution in [3.05, 3.63) is 34.5 Å². The second kappa shape index (κ2) is 3.64. The smallest absolute Gasteiger partial charge is 0.139 e. The first kappa shape index (κ1) is 9.56. The van der Waals surface area contributed by atoms with Gasteiger partial charge in [-0.05, 0) is 34.7 Å². The highest BCUT2D eigenvalue weighted by Gasteiger charge is 2.04. The number of phenolic OH excluding ortho intramolecular Hbond substituents is 1. The van der Waals surface area contributed by atoms with Crippen LogP contribution in [0, 0.1) is 11.3 Å². The molecule has 2 rings (SSSR count).